The van der Waals surface area contributed by atoms with Crippen molar-refractivity contribution in [2.24, 2.45) is 5.41 Å². The highest BCUT2D eigenvalue weighted by Gasteiger charge is 2.47. The summed E-state index contributed by atoms with van der Waals surface area (Å²) in [7, 11) is 0. The third-order valence-electron chi connectivity index (χ3n) is 4.65. The molecule has 2 aliphatic heterocycles. The zero-order valence-corrected chi connectivity index (χ0v) is 12.4. The van der Waals surface area contributed by atoms with Crippen LogP contribution in [0.5, 0.6) is 0 Å². The van der Waals surface area contributed by atoms with Crippen molar-refractivity contribution in [1.29, 1.82) is 0 Å². The van der Waals surface area contributed by atoms with E-state index >= 15 is 0 Å². The second-order valence-corrected chi connectivity index (χ2v) is 6.51. The van der Waals surface area contributed by atoms with E-state index < -0.39 is 0 Å². The van der Waals surface area contributed by atoms with Gasteiger partial charge in [0.2, 0.25) is 0 Å². The number of nitrogens with one attached hydrogen (secondary N) is 1. The summed E-state index contributed by atoms with van der Waals surface area (Å²) < 4.78 is 0. The third-order valence-corrected chi connectivity index (χ3v) is 4.84. The van der Waals surface area contributed by atoms with Gasteiger partial charge in [0, 0.05) is 42.7 Å². The Hall–Kier alpha value is -1.32. The van der Waals surface area contributed by atoms with E-state index in [0.29, 0.717) is 10.6 Å². The van der Waals surface area contributed by atoms with Crippen LogP contribution in [-0.2, 0) is 6.42 Å². The van der Waals surface area contributed by atoms with E-state index in [1.54, 1.807) is 0 Å². The van der Waals surface area contributed by atoms with Gasteiger partial charge in [-0.3, -0.25) is 0 Å². The van der Waals surface area contributed by atoms with E-state index in [0.717, 1.165) is 11.9 Å². The van der Waals surface area contributed by atoms with Crippen molar-refractivity contribution in [3.05, 3.63) is 35.0 Å². The number of fused-ring (bicyclic) bond motifs is 1. The first kappa shape index (κ1) is 12.4. The maximum Gasteiger partial charge on any atom is 0.130 e. The lowest BCUT2D eigenvalue weighted by molar-refractivity contribution is 0.121. The molecule has 0 bridgehead atoms. The van der Waals surface area contributed by atoms with E-state index in [1.165, 1.54) is 42.8 Å². The summed E-state index contributed by atoms with van der Waals surface area (Å²) in [6.45, 7) is 6.86. The number of halogens is 1. The molecule has 2 fully saturated rings. The van der Waals surface area contributed by atoms with Gasteiger partial charge in [0.05, 0.1) is 5.52 Å². The maximum absolute atomic E-state index is 6.08. The van der Waals surface area contributed by atoms with E-state index in [1.807, 2.05) is 6.07 Å². The van der Waals surface area contributed by atoms with Gasteiger partial charge in [-0.05, 0) is 36.2 Å². The van der Waals surface area contributed by atoms with Crippen LogP contribution in [0.15, 0.2) is 24.3 Å². The molecular weight excluding hydrogens is 270 g/mol. The van der Waals surface area contributed by atoms with Crippen molar-refractivity contribution in [2.45, 2.75) is 13.3 Å². The van der Waals surface area contributed by atoms with Gasteiger partial charge in [-0.2, -0.15) is 0 Å². The average Bonchev–Trinajstić information content (AvgIpc) is 2.34. The van der Waals surface area contributed by atoms with Crippen LogP contribution in [0, 0.1) is 5.41 Å². The molecule has 1 spiro atoms. The fraction of sp³-hybridized carbons (Fsp3) is 0.438. The zero-order chi connectivity index (χ0) is 13.7. The van der Waals surface area contributed by atoms with E-state index in [-0.39, 0.29) is 0 Å². The normalized spacial score (nSPS) is 20.0. The lowest BCUT2D eigenvalue weighted by Gasteiger charge is -2.57. The molecule has 0 amide bonds. The lowest BCUT2D eigenvalue weighted by Crippen LogP contribution is -2.71. The molecule has 3 nitrogen and oxygen atoms in total. The van der Waals surface area contributed by atoms with Crippen LogP contribution < -0.4 is 10.2 Å². The van der Waals surface area contributed by atoms with Gasteiger partial charge >= 0.3 is 0 Å². The van der Waals surface area contributed by atoms with Gasteiger partial charge in [0.15, 0.2) is 0 Å². The molecule has 0 unspecified atom stereocenters. The molecule has 1 N–H and O–H groups in total. The van der Waals surface area contributed by atoms with Gasteiger partial charge in [0.1, 0.15) is 5.15 Å². The van der Waals surface area contributed by atoms with Crippen molar-refractivity contribution in [3.8, 4) is 0 Å². The SMILES string of the molecule is CCc1cc(Cl)nc2ccc(N3CC4(CNC4)C3)cc12. The van der Waals surface area contributed by atoms with Crippen LogP contribution >= 0.6 is 11.6 Å². The van der Waals surface area contributed by atoms with Crippen molar-refractivity contribution in [1.82, 2.24) is 10.3 Å². The van der Waals surface area contributed by atoms with Crippen LogP contribution in [0.25, 0.3) is 10.9 Å². The standard InChI is InChI=1S/C16H18ClN3/c1-2-11-5-15(17)19-14-4-3-12(6-13(11)14)20-9-16(10-20)7-18-8-16/h3-6,18H,2,7-10H2,1H3. The highest BCUT2D eigenvalue weighted by molar-refractivity contribution is 6.30. The summed E-state index contributed by atoms with van der Waals surface area (Å²) in [6.07, 6.45) is 0.982. The number of benzene rings is 1. The number of rotatable bonds is 2. The summed E-state index contributed by atoms with van der Waals surface area (Å²) >= 11 is 6.08. The van der Waals surface area contributed by atoms with Gasteiger partial charge in [-0.15, -0.1) is 0 Å². The Balaban J connectivity index is 1.70. The molecule has 0 aliphatic carbocycles. The predicted molar refractivity (Wildman–Crippen MR) is 83.6 cm³/mol. The Bertz CT molecular complexity index is 671. The number of aromatic nitrogens is 1. The Morgan fingerprint density at radius 3 is 2.75 bits per heavy atom. The number of nitrogens with zero attached hydrogens (tertiary/aromatic N) is 2. The average molecular weight is 288 g/mol. The highest BCUT2D eigenvalue weighted by atomic mass is 35.5. The number of pyridine rings is 1. The van der Waals surface area contributed by atoms with Crippen LogP contribution in [0.4, 0.5) is 5.69 Å². The van der Waals surface area contributed by atoms with Gasteiger partial charge in [-0.1, -0.05) is 18.5 Å². The monoisotopic (exact) mass is 287 g/mol. The summed E-state index contributed by atoms with van der Waals surface area (Å²) in [4.78, 5) is 6.89. The molecule has 104 valence electrons. The first-order valence-corrected chi connectivity index (χ1v) is 7.62. The molecule has 0 radical (unpaired) electrons. The van der Waals surface area contributed by atoms with Crippen molar-refractivity contribution in [2.75, 3.05) is 31.1 Å². The minimum absolute atomic E-state index is 0.556. The van der Waals surface area contributed by atoms with E-state index in [4.69, 9.17) is 11.6 Å². The second-order valence-electron chi connectivity index (χ2n) is 6.12. The first-order valence-electron chi connectivity index (χ1n) is 7.24. The topological polar surface area (TPSA) is 28.2 Å². The molecule has 1 aromatic heterocycles. The van der Waals surface area contributed by atoms with Crippen molar-refractivity contribution >= 4 is 28.2 Å². The maximum atomic E-state index is 6.08. The molecular formula is C16H18ClN3. The van der Waals surface area contributed by atoms with Crippen LogP contribution in [0.2, 0.25) is 5.15 Å². The summed E-state index contributed by atoms with van der Waals surface area (Å²) in [5.41, 5.74) is 4.15. The fourth-order valence-electron chi connectivity index (χ4n) is 3.38. The first-order chi connectivity index (χ1) is 9.69. The minimum Gasteiger partial charge on any atom is -0.370 e. The largest absolute Gasteiger partial charge is 0.370 e. The van der Waals surface area contributed by atoms with Crippen LogP contribution in [0.3, 0.4) is 0 Å². The molecule has 1 aromatic carbocycles. The molecule has 2 aliphatic rings. The van der Waals surface area contributed by atoms with Crippen LogP contribution in [0.1, 0.15) is 12.5 Å². The molecule has 4 rings (SSSR count). The van der Waals surface area contributed by atoms with Crippen molar-refractivity contribution < 1.29 is 0 Å². The molecule has 4 heteroatoms. The molecule has 2 aromatic rings. The summed E-state index contributed by atoms with van der Waals surface area (Å²) in [6, 6.07) is 8.53. The molecule has 2 saturated heterocycles. The predicted octanol–water partition coefficient (Wildman–Crippen LogP) is 2.86. The zero-order valence-electron chi connectivity index (χ0n) is 11.6. The second kappa shape index (κ2) is 4.34. The van der Waals surface area contributed by atoms with Gasteiger partial charge in [0.25, 0.3) is 0 Å². The number of anilines is 1. The third kappa shape index (κ3) is 1.80. The van der Waals surface area contributed by atoms with E-state index in [9.17, 15) is 0 Å². The van der Waals surface area contributed by atoms with Gasteiger partial charge < -0.3 is 10.2 Å². The number of hydrogen-bond donors (Lipinski definition) is 1. The Morgan fingerprint density at radius 2 is 2.10 bits per heavy atom. The molecule has 0 atom stereocenters. The summed E-state index contributed by atoms with van der Waals surface area (Å²) in [5, 5.41) is 5.21. The molecule has 3 heterocycles. The molecule has 20 heavy (non-hydrogen) atoms. The number of hydrogen-bond acceptors (Lipinski definition) is 3. The smallest absolute Gasteiger partial charge is 0.130 e. The minimum atomic E-state index is 0.556. The molecule has 0 saturated carbocycles. The van der Waals surface area contributed by atoms with Gasteiger partial charge in [-0.25, -0.2) is 4.98 Å². The Labute approximate surface area is 123 Å². The fourth-order valence-corrected chi connectivity index (χ4v) is 3.61. The number of aryl methyl sites for hydroxylation is 1. The Kier molecular flexibility index (Phi) is 2.69. The van der Waals surface area contributed by atoms with E-state index in [2.05, 4.69) is 40.3 Å². The highest BCUT2D eigenvalue weighted by Crippen LogP contribution is 2.38. The Morgan fingerprint density at radius 1 is 1.30 bits per heavy atom. The van der Waals surface area contributed by atoms with Crippen LogP contribution in [-0.4, -0.2) is 31.2 Å². The quantitative estimate of drug-likeness (QED) is 0.861. The summed E-state index contributed by atoms with van der Waals surface area (Å²) in [5.74, 6) is 0. The lowest BCUT2D eigenvalue weighted by atomic mass is 9.74. The van der Waals surface area contributed by atoms with Crippen molar-refractivity contribution in [3.63, 3.8) is 0 Å².